The Morgan fingerprint density at radius 1 is 0.718 bits per heavy atom. The Bertz CT molecular complexity index is 1930. The summed E-state index contributed by atoms with van der Waals surface area (Å²) in [6.45, 7) is 6.79. The largest absolute Gasteiger partial charge is 0.462 e. The van der Waals surface area contributed by atoms with E-state index in [1.807, 2.05) is 37.3 Å². The molecule has 0 radical (unpaired) electrons. The fraction of sp³-hybridized carbons (Fsp3) is 0.654. The van der Waals surface area contributed by atoms with Gasteiger partial charge in [0.15, 0.2) is 12.1 Å². The van der Waals surface area contributed by atoms with Crippen molar-refractivity contribution in [1.82, 2.24) is 10.6 Å². The first-order valence-corrected chi connectivity index (χ1v) is 24.6. The number of amides is 2. The number of aliphatic hydroxyl groups excluding tert-OH is 9. The zero-order chi connectivity index (χ0) is 52.5. The lowest BCUT2D eigenvalue weighted by atomic mass is 9.87. The van der Waals surface area contributed by atoms with E-state index in [4.69, 9.17) is 31.1 Å². The molecule has 4 aliphatic rings. The van der Waals surface area contributed by atoms with Gasteiger partial charge in [0.25, 0.3) is 0 Å². The lowest BCUT2D eigenvalue weighted by molar-refractivity contribution is -0.303. The van der Waals surface area contributed by atoms with Crippen molar-refractivity contribution >= 4 is 12.0 Å². The number of carbonyl (C=O) groups excluding carboxylic acids is 2. The number of rotatable bonds is 4. The Morgan fingerprint density at radius 3 is 1.90 bits per heavy atom. The Hall–Kier alpha value is -4.08. The summed E-state index contributed by atoms with van der Waals surface area (Å²) in [7, 11) is 0. The molecule has 2 bridgehead atoms. The van der Waals surface area contributed by atoms with Gasteiger partial charge in [-0.1, -0.05) is 105 Å². The third-order valence-electron chi connectivity index (χ3n) is 13.4. The first-order valence-electron chi connectivity index (χ1n) is 24.6. The van der Waals surface area contributed by atoms with Crippen LogP contribution in [0.2, 0.25) is 0 Å². The predicted molar refractivity (Wildman–Crippen MR) is 262 cm³/mol. The van der Waals surface area contributed by atoms with E-state index in [1.54, 1.807) is 75.5 Å². The van der Waals surface area contributed by atoms with E-state index < -0.39 is 153 Å². The summed E-state index contributed by atoms with van der Waals surface area (Å²) in [5.41, 5.74) is 5.25. The molecule has 71 heavy (non-hydrogen) atoms. The molecule has 398 valence electrons. The number of esters is 1. The molecule has 19 atom stereocenters. The SMILES string of the molecule is C#CC1(NC(=O)N[C@H]2[C@@H]3C[C@@H](O[C@@H]4O[C@H](C)[C@@H](O)[C@H](N)[C@@H]4O)/C=C/C=C/C=C/C=C/C=C/C=C/C=C/[C@H](C)[C@@H](O)[C@@H](C)[C@H](C)OC(=O)C[C@H](O)C[C@H](O)CC[C@@H](O)[C@H](O)C[C@H](O)C[C@](O)(C[C@@H]2O)O3)CC1. The van der Waals surface area contributed by atoms with Crippen LogP contribution in [0, 0.1) is 24.2 Å². The maximum atomic E-state index is 13.3. The highest BCUT2D eigenvalue weighted by Crippen LogP contribution is 2.37. The number of nitrogens with two attached hydrogens (primary N) is 1. The second-order valence-electron chi connectivity index (χ2n) is 19.6. The minimum atomic E-state index is -2.27. The fourth-order valence-electron chi connectivity index (χ4n) is 8.67. The smallest absolute Gasteiger partial charge is 0.316 e. The third kappa shape index (κ3) is 19.4. The Kier molecular flexibility index (Phi) is 23.8. The lowest BCUT2D eigenvalue weighted by Gasteiger charge is -2.46. The van der Waals surface area contributed by atoms with Crippen molar-refractivity contribution in [2.24, 2.45) is 17.6 Å². The number of urea groups is 1. The molecule has 0 spiro atoms. The molecule has 1 saturated carbocycles. The minimum Gasteiger partial charge on any atom is -0.462 e. The summed E-state index contributed by atoms with van der Waals surface area (Å²) in [5.74, 6) is -1.18. The zero-order valence-corrected chi connectivity index (χ0v) is 41.1. The van der Waals surface area contributed by atoms with Gasteiger partial charge in [-0.25, -0.2) is 4.79 Å². The van der Waals surface area contributed by atoms with Gasteiger partial charge < -0.3 is 86.4 Å². The highest BCUT2D eigenvalue weighted by Gasteiger charge is 2.50. The molecule has 0 aromatic heterocycles. The van der Waals surface area contributed by atoms with Gasteiger partial charge in [0.2, 0.25) is 0 Å². The van der Waals surface area contributed by atoms with Gasteiger partial charge >= 0.3 is 12.0 Å². The van der Waals surface area contributed by atoms with E-state index in [0.717, 1.165) is 0 Å². The molecule has 0 aromatic carbocycles. The molecule has 3 aliphatic heterocycles. The van der Waals surface area contributed by atoms with Crippen LogP contribution in [0.1, 0.15) is 91.9 Å². The summed E-state index contributed by atoms with van der Waals surface area (Å²) >= 11 is 0. The zero-order valence-electron chi connectivity index (χ0n) is 41.1. The minimum absolute atomic E-state index is 0.0993. The molecule has 3 heterocycles. The Morgan fingerprint density at radius 2 is 1.31 bits per heavy atom. The fourth-order valence-corrected chi connectivity index (χ4v) is 8.67. The van der Waals surface area contributed by atoms with Crippen molar-refractivity contribution in [3.63, 3.8) is 0 Å². The number of carbonyl (C=O) groups is 2. The molecule has 2 saturated heterocycles. The van der Waals surface area contributed by atoms with Gasteiger partial charge in [-0.15, -0.1) is 6.42 Å². The van der Waals surface area contributed by atoms with E-state index in [2.05, 4.69) is 16.6 Å². The van der Waals surface area contributed by atoms with Gasteiger partial charge in [0, 0.05) is 37.5 Å². The molecular weight excluding hydrogens is 923 g/mol. The van der Waals surface area contributed by atoms with Crippen LogP contribution in [0.4, 0.5) is 4.79 Å². The molecular formula is C52H79N3O16. The maximum Gasteiger partial charge on any atom is 0.316 e. The first kappa shape index (κ1) is 59.5. The second kappa shape index (κ2) is 28.4. The molecule has 0 unspecified atom stereocenters. The van der Waals surface area contributed by atoms with Crippen LogP contribution in [0.3, 0.4) is 0 Å². The van der Waals surface area contributed by atoms with Crippen molar-refractivity contribution < 1.29 is 79.6 Å². The molecule has 19 nitrogen and oxygen atoms in total. The van der Waals surface area contributed by atoms with Crippen LogP contribution in [0.25, 0.3) is 0 Å². The number of ether oxygens (including phenoxy) is 4. The van der Waals surface area contributed by atoms with E-state index in [9.17, 15) is 60.7 Å². The van der Waals surface area contributed by atoms with Crippen LogP contribution in [0.5, 0.6) is 0 Å². The summed E-state index contributed by atoms with van der Waals surface area (Å²) in [6, 6.07) is -3.05. The quantitative estimate of drug-likeness (QED) is 0.137. The van der Waals surface area contributed by atoms with E-state index in [-0.39, 0.29) is 31.6 Å². The number of terminal acetylenes is 1. The number of hydrogen-bond donors (Lipinski definition) is 13. The van der Waals surface area contributed by atoms with Gasteiger partial charge in [0.05, 0.1) is 85.6 Å². The van der Waals surface area contributed by atoms with E-state index >= 15 is 0 Å². The predicted octanol–water partition coefficient (Wildman–Crippen LogP) is 0.845. The van der Waals surface area contributed by atoms with Crippen molar-refractivity contribution in [1.29, 1.82) is 0 Å². The maximum absolute atomic E-state index is 13.3. The van der Waals surface area contributed by atoms with Crippen LogP contribution in [-0.2, 0) is 23.7 Å². The van der Waals surface area contributed by atoms with Gasteiger partial charge in [-0.2, -0.15) is 0 Å². The van der Waals surface area contributed by atoms with Crippen molar-refractivity contribution in [2.45, 2.75) is 201 Å². The second-order valence-corrected chi connectivity index (χ2v) is 19.6. The number of nitrogens with one attached hydrogen (secondary N) is 2. The summed E-state index contributed by atoms with van der Waals surface area (Å²) in [5, 5.41) is 115. The molecule has 19 heteroatoms. The monoisotopic (exact) mass is 1000 g/mol. The number of cyclic esters (lactones) is 1. The number of aliphatic hydroxyl groups is 10. The van der Waals surface area contributed by atoms with Crippen LogP contribution >= 0.6 is 0 Å². The molecule has 3 fully saturated rings. The number of allylic oxidation sites excluding steroid dienone is 12. The van der Waals surface area contributed by atoms with E-state index in [0.29, 0.717) is 12.8 Å². The summed E-state index contributed by atoms with van der Waals surface area (Å²) in [6.07, 6.45) is 11.4. The van der Waals surface area contributed by atoms with Gasteiger partial charge in [0.1, 0.15) is 17.7 Å². The highest BCUT2D eigenvalue weighted by molar-refractivity contribution is 5.76. The molecule has 4 rings (SSSR count). The average molecular weight is 1000 g/mol. The van der Waals surface area contributed by atoms with Crippen LogP contribution in [-0.4, -0.2) is 172 Å². The summed E-state index contributed by atoms with van der Waals surface area (Å²) < 4.78 is 23.8. The first-order chi connectivity index (χ1) is 33.6. The third-order valence-corrected chi connectivity index (χ3v) is 13.4. The van der Waals surface area contributed by atoms with Crippen LogP contribution < -0.4 is 16.4 Å². The van der Waals surface area contributed by atoms with Gasteiger partial charge in [-0.05, 0) is 46.0 Å². The molecule has 14 N–H and O–H groups in total. The Labute approximate surface area is 417 Å². The number of fused-ring (bicyclic) bond motifs is 2. The topological polar surface area (TPSA) is 323 Å². The van der Waals surface area contributed by atoms with Gasteiger partial charge in [-0.3, -0.25) is 4.79 Å². The summed E-state index contributed by atoms with van der Waals surface area (Å²) in [4.78, 5) is 26.0. The van der Waals surface area contributed by atoms with E-state index in [1.165, 1.54) is 0 Å². The molecule has 1 aliphatic carbocycles. The molecule has 2 amide bonds. The Balaban J connectivity index is 1.59. The standard InChI is InChI=1S/C52H79N3O16/c1-6-51(23-24-51)55-50(66)54-45-41(61)30-52(67)29-37(58)26-40(60)39(59)22-21-35(56)25-36(57)27-43(62)68-33(4)32(3)46(63)31(2)19-17-15-13-11-9-7-8-10-12-14-16-18-20-38(28-42(45)71-52)70-49-48(65)44(53)47(64)34(5)69-49/h1,7-20,31-42,44-49,56-61,63-65,67H,21-30,53H2,2-5H3,(H2,54,55,66)/b8-7+,11-9+,12-10+,15-13+,16-14+,19-17+,20-18+/t31-,32-,33-,34+,35+,36+,37-,38-,39+,40+,41-,42-,44-,45+,46+,47+,48-,49-,52+/m0/s1. The molecule has 0 aromatic rings. The highest BCUT2D eigenvalue weighted by atomic mass is 16.7. The van der Waals surface area contributed by atoms with Crippen LogP contribution in [0.15, 0.2) is 85.1 Å². The average Bonchev–Trinajstić information content (AvgIpc) is 4.08. The normalized spacial score (nSPS) is 43.9. The van der Waals surface area contributed by atoms with Crippen molar-refractivity contribution in [3.8, 4) is 12.3 Å². The lowest BCUT2D eigenvalue weighted by Crippen LogP contribution is -2.64. The number of hydrogen-bond acceptors (Lipinski definition) is 17. The van der Waals surface area contributed by atoms with Crippen molar-refractivity contribution in [3.05, 3.63) is 85.1 Å². The van der Waals surface area contributed by atoms with Crippen molar-refractivity contribution in [2.75, 3.05) is 0 Å².